The molecule has 0 saturated heterocycles. The quantitative estimate of drug-likeness (QED) is 0.855. The van der Waals surface area contributed by atoms with Crippen LogP contribution in [-0.4, -0.2) is 40.6 Å². The summed E-state index contributed by atoms with van der Waals surface area (Å²) in [4.78, 5) is 17.7. The number of nitrogens with zero attached hydrogens (tertiary/aromatic N) is 3. The average molecular weight is 291 g/mol. The summed E-state index contributed by atoms with van der Waals surface area (Å²) in [5.74, 6) is 1.47. The van der Waals surface area contributed by atoms with E-state index in [1.54, 1.807) is 11.9 Å². The molecule has 2 N–H and O–H groups in total. The highest BCUT2D eigenvalue weighted by Gasteiger charge is 2.16. The summed E-state index contributed by atoms with van der Waals surface area (Å²) in [7, 11) is 1.76. The van der Waals surface area contributed by atoms with Crippen LogP contribution in [0.5, 0.6) is 0 Å². The average Bonchev–Trinajstić information content (AvgIpc) is 2.82. The molecule has 0 fully saturated rings. The summed E-state index contributed by atoms with van der Waals surface area (Å²) >= 11 is 0. The maximum absolute atomic E-state index is 11.8. The molecule has 0 aliphatic rings. The predicted molar refractivity (Wildman–Crippen MR) is 75.2 cm³/mol. The van der Waals surface area contributed by atoms with Gasteiger partial charge in [0, 0.05) is 38.4 Å². The molecular formula is C12H23ClN4O2. The van der Waals surface area contributed by atoms with E-state index in [0.717, 1.165) is 0 Å². The second kappa shape index (κ2) is 8.12. The van der Waals surface area contributed by atoms with Crippen molar-refractivity contribution in [2.75, 3.05) is 13.6 Å². The van der Waals surface area contributed by atoms with Gasteiger partial charge in [-0.3, -0.25) is 4.79 Å². The molecule has 7 heteroatoms. The van der Waals surface area contributed by atoms with Gasteiger partial charge in [0.15, 0.2) is 5.82 Å². The molecule has 1 rings (SSSR count). The van der Waals surface area contributed by atoms with Crippen LogP contribution < -0.4 is 5.73 Å². The highest BCUT2D eigenvalue weighted by molar-refractivity contribution is 5.85. The minimum Gasteiger partial charge on any atom is -0.342 e. The molecule has 0 spiro atoms. The molecule has 0 saturated carbocycles. The van der Waals surface area contributed by atoms with Gasteiger partial charge in [-0.1, -0.05) is 19.0 Å². The number of hydrogen-bond acceptors (Lipinski definition) is 5. The number of hydrogen-bond donors (Lipinski definition) is 1. The number of aryl methyl sites for hydroxylation is 1. The zero-order valence-electron chi connectivity index (χ0n) is 11.9. The normalized spacial score (nSPS) is 12.1. The fourth-order valence-corrected chi connectivity index (χ4v) is 1.40. The van der Waals surface area contributed by atoms with Gasteiger partial charge < -0.3 is 15.2 Å². The SMILES string of the molecule is CC(C)c1noc(CCC(=O)N(C)C(C)CN)n1.Cl. The van der Waals surface area contributed by atoms with Gasteiger partial charge in [0.2, 0.25) is 11.8 Å². The maximum Gasteiger partial charge on any atom is 0.227 e. The van der Waals surface area contributed by atoms with E-state index < -0.39 is 0 Å². The second-order valence-electron chi connectivity index (χ2n) is 4.79. The van der Waals surface area contributed by atoms with Gasteiger partial charge in [-0.25, -0.2) is 0 Å². The van der Waals surface area contributed by atoms with Crippen LogP contribution in [0.4, 0.5) is 0 Å². The molecule has 0 aliphatic carbocycles. The first-order valence-corrected chi connectivity index (χ1v) is 6.23. The van der Waals surface area contributed by atoms with Crippen LogP contribution >= 0.6 is 12.4 Å². The molecule has 1 unspecified atom stereocenters. The van der Waals surface area contributed by atoms with Crippen LogP contribution in [0.3, 0.4) is 0 Å². The molecular weight excluding hydrogens is 268 g/mol. The van der Waals surface area contributed by atoms with Crippen LogP contribution in [-0.2, 0) is 11.2 Å². The third-order valence-electron chi connectivity index (χ3n) is 2.95. The third-order valence-corrected chi connectivity index (χ3v) is 2.95. The number of rotatable bonds is 6. The van der Waals surface area contributed by atoms with Crippen molar-refractivity contribution in [3.05, 3.63) is 11.7 Å². The molecule has 0 bridgehead atoms. The zero-order valence-corrected chi connectivity index (χ0v) is 12.7. The van der Waals surface area contributed by atoms with E-state index in [1.165, 1.54) is 0 Å². The number of carbonyl (C=O) groups is 1. The highest BCUT2D eigenvalue weighted by Crippen LogP contribution is 2.11. The number of carbonyl (C=O) groups excluding carboxylic acids is 1. The van der Waals surface area contributed by atoms with Crippen LogP contribution in [0, 0.1) is 0 Å². The van der Waals surface area contributed by atoms with Gasteiger partial charge in [0.05, 0.1) is 0 Å². The van der Waals surface area contributed by atoms with E-state index in [2.05, 4.69) is 10.1 Å². The Kier molecular flexibility index (Phi) is 7.63. The van der Waals surface area contributed by atoms with Crippen molar-refractivity contribution in [3.63, 3.8) is 0 Å². The van der Waals surface area contributed by atoms with Crippen molar-refractivity contribution in [2.45, 2.75) is 45.6 Å². The van der Waals surface area contributed by atoms with Gasteiger partial charge in [0.1, 0.15) is 0 Å². The summed E-state index contributed by atoms with van der Waals surface area (Å²) in [6, 6.07) is 0.0476. The van der Waals surface area contributed by atoms with Gasteiger partial charge in [0.25, 0.3) is 0 Å². The Morgan fingerprint density at radius 3 is 2.53 bits per heavy atom. The lowest BCUT2D eigenvalue weighted by Gasteiger charge is -2.23. The van der Waals surface area contributed by atoms with Crippen LogP contribution in [0.2, 0.25) is 0 Å². The molecule has 110 valence electrons. The van der Waals surface area contributed by atoms with Crippen LogP contribution in [0.1, 0.15) is 44.8 Å². The Bertz CT molecular complexity index is 395. The van der Waals surface area contributed by atoms with E-state index in [-0.39, 0.29) is 30.3 Å². The molecule has 1 amide bonds. The first-order valence-electron chi connectivity index (χ1n) is 6.23. The van der Waals surface area contributed by atoms with Crippen molar-refractivity contribution in [2.24, 2.45) is 5.73 Å². The molecule has 6 nitrogen and oxygen atoms in total. The van der Waals surface area contributed by atoms with Crippen molar-refractivity contribution in [1.82, 2.24) is 15.0 Å². The van der Waals surface area contributed by atoms with Crippen molar-refractivity contribution >= 4 is 18.3 Å². The van der Waals surface area contributed by atoms with Gasteiger partial charge >= 0.3 is 0 Å². The number of aromatic nitrogens is 2. The largest absolute Gasteiger partial charge is 0.342 e. The van der Waals surface area contributed by atoms with Crippen molar-refractivity contribution in [3.8, 4) is 0 Å². The minimum absolute atomic E-state index is 0. The Morgan fingerprint density at radius 1 is 1.42 bits per heavy atom. The number of likely N-dealkylation sites (N-methyl/N-ethyl adjacent to an activating group) is 1. The summed E-state index contributed by atoms with van der Waals surface area (Å²) in [5.41, 5.74) is 5.52. The van der Waals surface area contributed by atoms with Crippen LogP contribution in [0.25, 0.3) is 0 Å². The van der Waals surface area contributed by atoms with E-state index in [4.69, 9.17) is 10.3 Å². The second-order valence-corrected chi connectivity index (χ2v) is 4.79. The van der Waals surface area contributed by atoms with Gasteiger partial charge in [-0.2, -0.15) is 4.98 Å². The number of amides is 1. The summed E-state index contributed by atoms with van der Waals surface area (Å²) in [6.45, 7) is 6.37. The smallest absolute Gasteiger partial charge is 0.227 e. The molecule has 1 aromatic rings. The minimum atomic E-state index is 0. The van der Waals surface area contributed by atoms with E-state index in [0.29, 0.717) is 31.1 Å². The lowest BCUT2D eigenvalue weighted by Crippen LogP contribution is -2.39. The Labute approximate surface area is 120 Å². The maximum atomic E-state index is 11.8. The monoisotopic (exact) mass is 290 g/mol. The van der Waals surface area contributed by atoms with E-state index in [1.807, 2.05) is 20.8 Å². The molecule has 1 aromatic heterocycles. The number of halogens is 1. The molecule has 0 aliphatic heterocycles. The molecule has 1 atom stereocenters. The topological polar surface area (TPSA) is 85.2 Å². The standard InChI is InChI=1S/C12H22N4O2.ClH/c1-8(2)12-14-10(18-15-12)5-6-11(17)16(4)9(3)7-13;/h8-9H,5-7,13H2,1-4H3;1H. The zero-order chi connectivity index (χ0) is 13.7. The Morgan fingerprint density at radius 2 is 2.05 bits per heavy atom. The van der Waals surface area contributed by atoms with E-state index >= 15 is 0 Å². The molecule has 0 radical (unpaired) electrons. The summed E-state index contributed by atoms with van der Waals surface area (Å²) in [5, 5.41) is 3.86. The molecule has 1 heterocycles. The Hall–Kier alpha value is -1.14. The first kappa shape index (κ1) is 17.9. The van der Waals surface area contributed by atoms with Crippen molar-refractivity contribution in [1.29, 1.82) is 0 Å². The predicted octanol–water partition coefficient (Wildman–Crippen LogP) is 1.35. The fraction of sp³-hybridized carbons (Fsp3) is 0.750. The van der Waals surface area contributed by atoms with Crippen LogP contribution in [0.15, 0.2) is 4.52 Å². The molecule has 0 aromatic carbocycles. The third kappa shape index (κ3) is 5.16. The highest BCUT2D eigenvalue weighted by atomic mass is 35.5. The van der Waals surface area contributed by atoms with Gasteiger partial charge in [-0.05, 0) is 6.92 Å². The number of nitrogens with two attached hydrogens (primary N) is 1. The first-order chi connectivity index (χ1) is 8.45. The van der Waals surface area contributed by atoms with Crippen molar-refractivity contribution < 1.29 is 9.32 Å². The van der Waals surface area contributed by atoms with Gasteiger partial charge in [-0.15, -0.1) is 12.4 Å². The molecule has 19 heavy (non-hydrogen) atoms. The Balaban J connectivity index is 0.00000324. The lowest BCUT2D eigenvalue weighted by atomic mass is 10.2. The van der Waals surface area contributed by atoms with E-state index in [9.17, 15) is 4.79 Å². The fourth-order valence-electron chi connectivity index (χ4n) is 1.40. The summed E-state index contributed by atoms with van der Waals surface area (Å²) < 4.78 is 5.09. The summed E-state index contributed by atoms with van der Waals surface area (Å²) in [6.07, 6.45) is 0.834. The lowest BCUT2D eigenvalue weighted by molar-refractivity contribution is -0.131.